The number of carbonyl (C=O) groups excluding carboxylic acids is 1. The molecule has 2 aromatic heterocycles. The van der Waals surface area contributed by atoms with E-state index in [0.717, 1.165) is 22.6 Å². The van der Waals surface area contributed by atoms with E-state index in [4.69, 9.17) is 0 Å². The zero-order valence-corrected chi connectivity index (χ0v) is 12.4. The number of rotatable bonds is 4. The van der Waals surface area contributed by atoms with Crippen LogP contribution in [-0.2, 0) is 11.3 Å². The lowest BCUT2D eigenvalue weighted by atomic mass is 10.2. The SMILES string of the molecule is Cc1cccc2nc(CNC(=O)/C=C/c3ccccc3)cn12. The van der Waals surface area contributed by atoms with Gasteiger partial charge in [-0.3, -0.25) is 4.79 Å². The first-order chi connectivity index (χ1) is 10.7. The molecular formula is C18H17N3O. The van der Waals surface area contributed by atoms with Crippen molar-refractivity contribution in [3.05, 3.63) is 77.8 Å². The maximum Gasteiger partial charge on any atom is 0.244 e. The smallest absolute Gasteiger partial charge is 0.244 e. The number of fused-ring (bicyclic) bond motifs is 1. The fraction of sp³-hybridized carbons (Fsp3) is 0.111. The van der Waals surface area contributed by atoms with Crippen LogP contribution in [0.3, 0.4) is 0 Å². The van der Waals surface area contributed by atoms with Gasteiger partial charge in [0.2, 0.25) is 5.91 Å². The second-order valence-corrected chi connectivity index (χ2v) is 5.09. The molecule has 3 rings (SSSR count). The molecule has 0 saturated heterocycles. The molecule has 0 radical (unpaired) electrons. The summed E-state index contributed by atoms with van der Waals surface area (Å²) in [6.07, 6.45) is 5.28. The van der Waals surface area contributed by atoms with Gasteiger partial charge in [0, 0.05) is 18.0 Å². The molecule has 3 aromatic rings. The summed E-state index contributed by atoms with van der Waals surface area (Å²) >= 11 is 0. The summed E-state index contributed by atoms with van der Waals surface area (Å²) in [6.45, 7) is 2.44. The molecular weight excluding hydrogens is 274 g/mol. The highest BCUT2D eigenvalue weighted by molar-refractivity contribution is 5.91. The van der Waals surface area contributed by atoms with Gasteiger partial charge in [0.25, 0.3) is 0 Å². The zero-order valence-electron chi connectivity index (χ0n) is 12.4. The predicted molar refractivity (Wildman–Crippen MR) is 87.3 cm³/mol. The maximum absolute atomic E-state index is 11.8. The minimum Gasteiger partial charge on any atom is -0.347 e. The molecule has 1 N–H and O–H groups in total. The van der Waals surface area contributed by atoms with Crippen molar-refractivity contribution < 1.29 is 4.79 Å². The van der Waals surface area contributed by atoms with Crippen molar-refractivity contribution in [3.63, 3.8) is 0 Å². The molecule has 1 aromatic carbocycles. The Morgan fingerprint density at radius 2 is 2.00 bits per heavy atom. The fourth-order valence-electron chi connectivity index (χ4n) is 2.26. The Balaban J connectivity index is 1.62. The van der Waals surface area contributed by atoms with Gasteiger partial charge in [-0.05, 0) is 30.7 Å². The Morgan fingerprint density at radius 1 is 1.18 bits per heavy atom. The van der Waals surface area contributed by atoms with Crippen LogP contribution in [0.25, 0.3) is 11.7 Å². The van der Waals surface area contributed by atoms with Gasteiger partial charge >= 0.3 is 0 Å². The lowest BCUT2D eigenvalue weighted by molar-refractivity contribution is -0.116. The van der Waals surface area contributed by atoms with Gasteiger partial charge in [-0.25, -0.2) is 4.98 Å². The van der Waals surface area contributed by atoms with E-state index in [1.165, 1.54) is 6.08 Å². The number of hydrogen-bond donors (Lipinski definition) is 1. The third kappa shape index (κ3) is 3.23. The van der Waals surface area contributed by atoms with Gasteiger partial charge in [-0.2, -0.15) is 0 Å². The third-order valence-corrected chi connectivity index (χ3v) is 3.42. The molecule has 0 aliphatic heterocycles. The van der Waals surface area contributed by atoms with E-state index in [-0.39, 0.29) is 5.91 Å². The summed E-state index contributed by atoms with van der Waals surface area (Å²) in [5, 5.41) is 2.85. The summed E-state index contributed by atoms with van der Waals surface area (Å²) in [5.74, 6) is -0.127. The second kappa shape index (κ2) is 6.26. The first-order valence-electron chi connectivity index (χ1n) is 7.17. The number of amides is 1. The highest BCUT2D eigenvalue weighted by Crippen LogP contribution is 2.08. The number of aromatic nitrogens is 2. The van der Waals surface area contributed by atoms with Crippen LogP contribution in [0.5, 0.6) is 0 Å². The molecule has 0 atom stereocenters. The Labute approximate surface area is 129 Å². The van der Waals surface area contributed by atoms with E-state index < -0.39 is 0 Å². The normalized spacial score (nSPS) is 11.1. The Morgan fingerprint density at radius 3 is 2.77 bits per heavy atom. The Kier molecular flexibility index (Phi) is 4.01. The van der Waals surface area contributed by atoms with Gasteiger partial charge in [0.05, 0.1) is 12.2 Å². The molecule has 0 unspecified atom stereocenters. The molecule has 2 heterocycles. The number of carbonyl (C=O) groups is 1. The number of benzene rings is 1. The lowest BCUT2D eigenvalue weighted by Gasteiger charge is -1.98. The zero-order chi connectivity index (χ0) is 15.4. The summed E-state index contributed by atoms with van der Waals surface area (Å²) < 4.78 is 2.02. The Hall–Kier alpha value is -2.88. The fourth-order valence-corrected chi connectivity index (χ4v) is 2.26. The van der Waals surface area contributed by atoms with Gasteiger partial charge in [-0.15, -0.1) is 0 Å². The monoisotopic (exact) mass is 291 g/mol. The van der Waals surface area contributed by atoms with Gasteiger partial charge < -0.3 is 9.72 Å². The molecule has 0 bridgehead atoms. The van der Waals surface area contributed by atoms with E-state index in [1.807, 2.05) is 66.1 Å². The van der Waals surface area contributed by atoms with Crippen molar-refractivity contribution in [1.29, 1.82) is 0 Å². The summed E-state index contributed by atoms with van der Waals surface area (Å²) in [7, 11) is 0. The number of aryl methyl sites for hydroxylation is 1. The quantitative estimate of drug-likeness (QED) is 0.751. The lowest BCUT2D eigenvalue weighted by Crippen LogP contribution is -2.20. The van der Waals surface area contributed by atoms with Gasteiger partial charge in [-0.1, -0.05) is 36.4 Å². The van der Waals surface area contributed by atoms with Crippen LogP contribution in [0.2, 0.25) is 0 Å². The van der Waals surface area contributed by atoms with Crippen LogP contribution in [0.15, 0.2) is 60.8 Å². The molecule has 0 aliphatic rings. The van der Waals surface area contributed by atoms with E-state index in [9.17, 15) is 4.79 Å². The minimum absolute atomic E-state index is 0.127. The van der Waals surface area contributed by atoms with E-state index in [0.29, 0.717) is 6.54 Å². The topological polar surface area (TPSA) is 46.4 Å². The first-order valence-corrected chi connectivity index (χ1v) is 7.17. The van der Waals surface area contributed by atoms with E-state index in [1.54, 1.807) is 6.08 Å². The average Bonchev–Trinajstić information content (AvgIpc) is 2.96. The number of imidazole rings is 1. The minimum atomic E-state index is -0.127. The van der Waals surface area contributed by atoms with Crippen LogP contribution in [0, 0.1) is 6.92 Å². The molecule has 4 nitrogen and oxygen atoms in total. The summed E-state index contributed by atoms with van der Waals surface area (Å²) in [5.41, 5.74) is 3.85. The second-order valence-electron chi connectivity index (χ2n) is 5.09. The van der Waals surface area contributed by atoms with Crippen LogP contribution in [-0.4, -0.2) is 15.3 Å². The number of nitrogens with one attached hydrogen (secondary N) is 1. The van der Waals surface area contributed by atoms with Crippen molar-refractivity contribution in [1.82, 2.24) is 14.7 Å². The van der Waals surface area contributed by atoms with Crippen molar-refractivity contribution >= 4 is 17.6 Å². The molecule has 110 valence electrons. The molecule has 0 spiro atoms. The van der Waals surface area contributed by atoms with Crippen molar-refractivity contribution in [2.24, 2.45) is 0 Å². The molecule has 0 saturated carbocycles. The van der Waals surface area contributed by atoms with Crippen LogP contribution in [0.1, 0.15) is 17.0 Å². The number of pyridine rings is 1. The summed E-state index contributed by atoms with van der Waals surface area (Å²) in [4.78, 5) is 16.3. The van der Waals surface area contributed by atoms with Crippen LogP contribution in [0.4, 0.5) is 0 Å². The molecule has 22 heavy (non-hydrogen) atoms. The van der Waals surface area contributed by atoms with Crippen molar-refractivity contribution in [2.45, 2.75) is 13.5 Å². The van der Waals surface area contributed by atoms with Gasteiger partial charge in [0.15, 0.2) is 0 Å². The highest BCUT2D eigenvalue weighted by Gasteiger charge is 2.03. The third-order valence-electron chi connectivity index (χ3n) is 3.42. The molecule has 0 aliphatic carbocycles. The Bertz CT molecular complexity index is 819. The maximum atomic E-state index is 11.8. The highest BCUT2D eigenvalue weighted by atomic mass is 16.1. The number of nitrogens with zero attached hydrogens (tertiary/aromatic N) is 2. The number of hydrogen-bond acceptors (Lipinski definition) is 2. The first kappa shape index (κ1) is 14.1. The van der Waals surface area contributed by atoms with E-state index >= 15 is 0 Å². The average molecular weight is 291 g/mol. The van der Waals surface area contributed by atoms with Crippen molar-refractivity contribution in [2.75, 3.05) is 0 Å². The summed E-state index contributed by atoms with van der Waals surface area (Å²) in [6, 6.07) is 15.7. The van der Waals surface area contributed by atoms with Gasteiger partial charge in [0.1, 0.15) is 5.65 Å². The molecule has 1 amide bonds. The van der Waals surface area contributed by atoms with Crippen molar-refractivity contribution in [3.8, 4) is 0 Å². The predicted octanol–water partition coefficient (Wildman–Crippen LogP) is 2.97. The molecule has 4 heteroatoms. The standard InChI is InChI=1S/C18H17N3O/c1-14-6-5-9-17-20-16(13-21(14)17)12-19-18(22)11-10-15-7-3-2-4-8-15/h2-11,13H,12H2,1H3,(H,19,22)/b11-10+. The van der Waals surface area contributed by atoms with Crippen LogP contribution < -0.4 is 5.32 Å². The molecule has 0 fully saturated rings. The van der Waals surface area contributed by atoms with Crippen LogP contribution >= 0.6 is 0 Å². The largest absolute Gasteiger partial charge is 0.347 e. The van der Waals surface area contributed by atoms with E-state index in [2.05, 4.69) is 10.3 Å².